The monoisotopic (exact) mass is 320 g/mol. The van der Waals surface area contributed by atoms with Crippen molar-refractivity contribution in [3.8, 4) is 5.82 Å². The van der Waals surface area contributed by atoms with E-state index in [0.717, 1.165) is 24.4 Å². The third-order valence-electron chi connectivity index (χ3n) is 3.99. The van der Waals surface area contributed by atoms with E-state index in [1.54, 1.807) is 29.5 Å². The molecule has 0 unspecified atom stereocenters. The van der Waals surface area contributed by atoms with E-state index in [-0.39, 0.29) is 5.91 Å². The van der Waals surface area contributed by atoms with Gasteiger partial charge < -0.3 is 5.32 Å². The second-order valence-electron chi connectivity index (χ2n) is 5.80. The normalized spacial score (nSPS) is 13.7. The van der Waals surface area contributed by atoms with Gasteiger partial charge in [-0.05, 0) is 31.9 Å². The molecule has 7 heteroatoms. The summed E-state index contributed by atoms with van der Waals surface area (Å²) in [6.07, 6.45) is 8.83. The van der Waals surface area contributed by atoms with Gasteiger partial charge in [0, 0.05) is 12.1 Å². The van der Waals surface area contributed by atoms with Crippen LogP contribution < -0.4 is 5.32 Å². The average molecular weight is 320 g/mol. The van der Waals surface area contributed by atoms with Gasteiger partial charge in [-0.3, -0.25) is 4.79 Å². The van der Waals surface area contributed by atoms with Crippen LogP contribution in [0.1, 0.15) is 40.6 Å². The molecule has 0 aromatic carbocycles. The van der Waals surface area contributed by atoms with Gasteiger partial charge in [-0.25, -0.2) is 19.6 Å². The van der Waals surface area contributed by atoms with Crippen molar-refractivity contribution >= 4 is 11.6 Å². The molecule has 1 amide bonds. The van der Waals surface area contributed by atoms with Crippen LogP contribution in [0.25, 0.3) is 5.82 Å². The third-order valence-corrected chi connectivity index (χ3v) is 3.99. The predicted octanol–water partition coefficient (Wildman–Crippen LogP) is 2.50. The van der Waals surface area contributed by atoms with Gasteiger partial charge in [-0.15, -0.1) is 0 Å². The summed E-state index contributed by atoms with van der Waals surface area (Å²) in [5, 5.41) is 7.07. The minimum atomic E-state index is -0.238. The Kier molecular flexibility index (Phi) is 3.53. The van der Waals surface area contributed by atoms with E-state index >= 15 is 0 Å². The van der Waals surface area contributed by atoms with Crippen LogP contribution >= 0.6 is 0 Å². The lowest BCUT2D eigenvalue weighted by molar-refractivity contribution is 0.102. The summed E-state index contributed by atoms with van der Waals surface area (Å²) >= 11 is 0. The van der Waals surface area contributed by atoms with Crippen molar-refractivity contribution in [3.63, 3.8) is 0 Å². The standard InChI is InChI=1S/C17H16N6O/c1-11-14(10-21-23(11)15-4-2-3-7-18-15)17(24)22-13-8-19-16(20-9-13)12-5-6-12/h2-4,7-10,12H,5-6H2,1H3,(H,22,24). The summed E-state index contributed by atoms with van der Waals surface area (Å²) in [6.45, 7) is 1.84. The van der Waals surface area contributed by atoms with E-state index in [1.807, 2.05) is 25.1 Å². The molecule has 0 spiro atoms. The van der Waals surface area contributed by atoms with Crippen molar-refractivity contribution in [3.05, 3.63) is 60.1 Å². The summed E-state index contributed by atoms with van der Waals surface area (Å²) in [6, 6.07) is 5.55. The zero-order valence-electron chi connectivity index (χ0n) is 13.2. The predicted molar refractivity (Wildman–Crippen MR) is 88.1 cm³/mol. The first-order chi connectivity index (χ1) is 11.7. The Labute approximate surface area is 138 Å². The fourth-order valence-electron chi connectivity index (χ4n) is 2.50. The zero-order chi connectivity index (χ0) is 16.5. The van der Waals surface area contributed by atoms with Crippen LogP contribution in [0.5, 0.6) is 0 Å². The summed E-state index contributed by atoms with van der Waals surface area (Å²) in [4.78, 5) is 25.3. The molecule has 1 aliphatic rings. The number of rotatable bonds is 4. The maximum Gasteiger partial charge on any atom is 0.259 e. The fraction of sp³-hybridized carbons (Fsp3) is 0.235. The Morgan fingerprint density at radius 3 is 2.62 bits per heavy atom. The number of pyridine rings is 1. The number of hydrogen-bond acceptors (Lipinski definition) is 5. The SMILES string of the molecule is Cc1c(C(=O)Nc2cnc(C3CC3)nc2)cnn1-c1ccccn1. The Hall–Kier alpha value is -3.09. The van der Waals surface area contributed by atoms with Crippen molar-refractivity contribution in [2.45, 2.75) is 25.7 Å². The van der Waals surface area contributed by atoms with Gasteiger partial charge in [0.2, 0.25) is 0 Å². The van der Waals surface area contributed by atoms with E-state index in [2.05, 4.69) is 25.4 Å². The quantitative estimate of drug-likeness (QED) is 0.798. The molecule has 0 aliphatic heterocycles. The molecule has 1 fully saturated rings. The first-order valence-electron chi connectivity index (χ1n) is 7.81. The van der Waals surface area contributed by atoms with Crippen molar-refractivity contribution in [1.82, 2.24) is 24.7 Å². The smallest absolute Gasteiger partial charge is 0.259 e. The van der Waals surface area contributed by atoms with Crippen LogP contribution in [0.4, 0.5) is 5.69 Å². The van der Waals surface area contributed by atoms with Gasteiger partial charge in [0.05, 0.1) is 35.5 Å². The molecule has 120 valence electrons. The maximum atomic E-state index is 12.5. The van der Waals surface area contributed by atoms with Gasteiger partial charge in [0.25, 0.3) is 5.91 Å². The van der Waals surface area contributed by atoms with Gasteiger partial charge in [-0.2, -0.15) is 5.10 Å². The van der Waals surface area contributed by atoms with E-state index in [1.165, 1.54) is 0 Å². The summed E-state index contributed by atoms with van der Waals surface area (Å²) in [5.41, 5.74) is 1.79. The molecule has 3 heterocycles. The molecular formula is C17H16N6O. The van der Waals surface area contributed by atoms with Crippen LogP contribution in [-0.2, 0) is 0 Å². The van der Waals surface area contributed by atoms with Crippen LogP contribution in [0.2, 0.25) is 0 Å². The number of carbonyl (C=O) groups excluding carboxylic acids is 1. The zero-order valence-corrected chi connectivity index (χ0v) is 13.2. The van der Waals surface area contributed by atoms with Gasteiger partial charge in [0.15, 0.2) is 5.82 Å². The van der Waals surface area contributed by atoms with Crippen LogP contribution in [0.15, 0.2) is 43.0 Å². The molecule has 4 rings (SSSR count). The lowest BCUT2D eigenvalue weighted by Gasteiger charge is -2.06. The molecular weight excluding hydrogens is 304 g/mol. The Bertz CT molecular complexity index is 868. The summed E-state index contributed by atoms with van der Waals surface area (Å²) in [5.74, 6) is 1.78. The third kappa shape index (κ3) is 2.76. The molecule has 1 saturated carbocycles. The minimum Gasteiger partial charge on any atom is -0.319 e. The van der Waals surface area contributed by atoms with Crippen molar-refractivity contribution in [2.75, 3.05) is 5.32 Å². The molecule has 1 aliphatic carbocycles. The number of anilines is 1. The molecule has 0 bridgehead atoms. The molecule has 0 atom stereocenters. The molecule has 3 aromatic rings. The van der Waals surface area contributed by atoms with E-state index in [0.29, 0.717) is 23.0 Å². The van der Waals surface area contributed by atoms with Crippen molar-refractivity contribution in [1.29, 1.82) is 0 Å². The summed E-state index contributed by atoms with van der Waals surface area (Å²) < 4.78 is 1.64. The number of hydrogen-bond donors (Lipinski definition) is 1. The van der Waals surface area contributed by atoms with E-state index in [9.17, 15) is 4.79 Å². The van der Waals surface area contributed by atoms with Crippen LogP contribution in [0.3, 0.4) is 0 Å². The molecule has 3 aromatic heterocycles. The number of carbonyl (C=O) groups is 1. The van der Waals surface area contributed by atoms with Crippen LogP contribution in [-0.4, -0.2) is 30.6 Å². The van der Waals surface area contributed by atoms with Crippen molar-refractivity contribution < 1.29 is 4.79 Å². The largest absolute Gasteiger partial charge is 0.319 e. The number of aromatic nitrogens is 5. The lowest BCUT2D eigenvalue weighted by Crippen LogP contribution is -2.14. The highest BCUT2D eigenvalue weighted by molar-refractivity contribution is 6.04. The number of nitrogens with one attached hydrogen (secondary N) is 1. The molecule has 0 radical (unpaired) electrons. The molecule has 0 saturated heterocycles. The highest BCUT2D eigenvalue weighted by Gasteiger charge is 2.26. The number of amides is 1. The Morgan fingerprint density at radius 2 is 1.96 bits per heavy atom. The fourth-order valence-corrected chi connectivity index (χ4v) is 2.50. The first-order valence-corrected chi connectivity index (χ1v) is 7.81. The van der Waals surface area contributed by atoms with Gasteiger partial charge in [0.1, 0.15) is 5.82 Å². The lowest BCUT2D eigenvalue weighted by atomic mass is 10.2. The topological polar surface area (TPSA) is 85.6 Å². The number of nitrogens with zero attached hydrogens (tertiary/aromatic N) is 5. The minimum absolute atomic E-state index is 0.238. The molecule has 24 heavy (non-hydrogen) atoms. The average Bonchev–Trinajstić information content (AvgIpc) is 3.38. The first kappa shape index (κ1) is 14.5. The highest BCUT2D eigenvalue weighted by Crippen LogP contribution is 2.37. The molecule has 1 N–H and O–H groups in total. The van der Waals surface area contributed by atoms with Gasteiger partial charge in [-0.1, -0.05) is 6.07 Å². The second kappa shape index (κ2) is 5.84. The molecule has 7 nitrogen and oxygen atoms in total. The van der Waals surface area contributed by atoms with E-state index < -0.39 is 0 Å². The van der Waals surface area contributed by atoms with E-state index in [4.69, 9.17) is 0 Å². The second-order valence-corrected chi connectivity index (χ2v) is 5.80. The maximum absolute atomic E-state index is 12.5. The van der Waals surface area contributed by atoms with Crippen molar-refractivity contribution in [2.24, 2.45) is 0 Å². The summed E-state index contributed by atoms with van der Waals surface area (Å²) in [7, 11) is 0. The highest BCUT2D eigenvalue weighted by atomic mass is 16.1. The van der Waals surface area contributed by atoms with Gasteiger partial charge >= 0.3 is 0 Å². The Balaban J connectivity index is 1.53. The van der Waals surface area contributed by atoms with Crippen LogP contribution in [0, 0.1) is 6.92 Å². The Morgan fingerprint density at radius 1 is 1.17 bits per heavy atom.